The number of nitrogens with zero attached hydrogens (tertiary/aromatic N) is 1. The lowest BCUT2D eigenvalue weighted by Crippen LogP contribution is -2.58. The summed E-state index contributed by atoms with van der Waals surface area (Å²) < 4.78 is 0. The standard InChI is InChI=1S/C9H18N2/c1-7-5-11(6-7)9-3-8(4-9)10-2/h7-10H,3-6H2,1-2H3. The second-order valence-corrected chi connectivity index (χ2v) is 4.17. The fourth-order valence-corrected chi connectivity index (χ4v) is 2.17. The molecule has 0 aromatic heterocycles. The third-order valence-corrected chi connectivity index (χ3v) is 3.13. The first-order valence-electron chi connectivity index (χ1n) is 4.71. The molecule has 0 radical (unpaired) electrons. The molecule has 64 valence electrons. The van der Waals surface area contributed by atoms with E-state index < -0.39 is 0 Å². The first kappa shape index (κ1) is 7.56. The number of nitrogens with one attached hydrogen (secondary N) is 1. The van der Waals surface area contributed by atoms with E-state index in [9.17, 15) is 0 Å². The molecule has 0 spiro atoms. The zero-order valence-corrected chi connectivity index (χ0v) is 7.51. The number of rotatable bonds is 2. The van der Waals surface area contributed by atoms with Crippen LogP contribution in [-0.4, -0.2) is 37.1 Å². The Labute approximate surface area is 69.0 Å². The fraction of sp³-hybridized carbons (Fsp3) is 1.00. The van der Waals surface area contributed by atoms with Gasteiger partial charge in [-0.1, -0.05) is 6.92 Å². The predicted octanol–water partition coefficient (Wildman–Crippen LogP) is 0.688. The van der Waals surface area contributed by atoms with Crippen LogP contribution in [-0.2, 0) is 0 Å². The Hall–Kier alpha value is -0.0800. The van der Waals surface area contributed by atoms with Gasteiger partial charge in [-0.05, 0) is 25.8 Å². The minimum Gasteiger partial charge on any atom is -0.317 e. The summed E-state index contributed by atoms with van der Waals surface area (Å²) in [7, 11) is 2.07. The van der Waals surface area contributed by atoms with Crippen molar-refractivity contribution in [1.29, 1.82) is 0 Å². The second kappa shape index (κ2) is 2.76. The van der Waals surface area contributed by atoms with E-state index in [1.54, 1.807) is 0 Å². The molecule has 0 aromatic rings. The fourth-order valence-electron chi connectivity index (χ4n) is 2.17. The lowest BCUT2D eigenvalue weighted by molar-refractivity contribution is 0.0105. The highest BCUT2D eigenvalue weighted by Gasteiger charge is 2.37. The largest absolute Gasteiger partial charge is 0.317 e. The van der Waals surface area contributed by atoms with Gasteiger partial charge in [0.25, 0.3) is 0 Å². The van der Waals surface area contributed by atoms with Crippen molar-refractivity contribution < 1.29 is 0 Å². The van der Waals surface area contributed by atoms with E-state index in [0.717, 1.165) is 18.0 Å². The van der Waals surface area contributed by atoms with Crippen LogP contribution < -0.4 is 5.32 Å². The van der Waals surface area contributed by atoms with Gasteiger partial charge in [-0.2, -0.15) is 0 Å². The van der Waals surface area contributed by atoms with Crippen molar-refractivity contribution in [1.82, 2.24) is 10.2 Å². The van der Waals surface area contributed by atoms with E-state index in [4.69, 9.17) is 0 Å². The average Bonchev–Trinajstić information content (AvgIpc) is 1.81. The smallest absolute Gasteiger partial charge is 0.0125 e. The Morgan fingerprint density at radius 1 is 1.27 bits per heavy atom. The summed E-state index contributed by atoms with van der Waals surface area (Å²) in [6.07, 6.45) is 2.76. The van der Waals surface area contributed by atoms with E-state index in [1.807, 2.05) is 0 Å². The maximum Gasteiger partial charge on any atom is 0.0125 e. The van der Waals surface area contributed by atoms with Crippen LogP contribution in [0.4, 0.5) is 0 Å². The van der Waals surface area contributed by atoms with Crippen LogP contribution in [0, 0.1) is 5.92 Å². The van der Waals surface area contributed by atoms with Crippen molar-refractivity contribution >= 4 is 0 Å². The first-order chi connectivity index (χ1) is 5.29. The lowest BCUT2D eigenvalue weighted by Gasteiger charge is -2.49. The van der Waals surface area contributed by atoms with E-state index >= 15 is 0 Å². The highest BCUT2D eigenvalue weighted by atomic mass is 15.2. The van der Waals surface area contributed by atoms with Gasteiger partial charge in [0, 0.05) is 25.2 Å². The lowest BCUT2D eigenvalue weighted by atomic mass is 9.82. The summed E-state index contributed by atoms with van der Waals surface area (Å²) in [5, 5.41) is 3.32. The van der Waals surface area contributed by atoms with Gasteiger partial charge in [0.1, 0.15) is 0 Å². The van der Waals surface area contributed by atoms with Crippen LogP contribution in [0.15, 0.2) is 0 Å². The summed E-state index contributed by atoms with van der Waals surface area (Å²) in [6.45, 7) is 5.03. The van der Waals surface area contributed by atoms with Crippen molar-refractivity contribution in [3.05, 3.63) is 0 Å². The van der Waals surface area contributed by atoms with Gasteiger partial charge in [0.2, 0.25) is 0 Å². The quantitative estimate of drug-likeness (QED) is 0.629. The molecular formula is C9H18N2. The zero-order chi connectivity index (χ0) is 7.84. The molecule has 11 heavy (non-hydrogen) atoms. The zero-order valence-electron chi connectivity index (χ0n) is 7.51. The van der Waals surface area contributed by atoms with E-state index in [-0.39, 0.29) is 0 Å². The molecule has 2 heteroatoms. The predicted molar refractivity (Wildman–Crippen MR) is 46.6 cm³/mol. The van der Waals surface area contributed by atoms with Gasteiger partial charge in [0.15, 0.2) is 0 Å². The molecule has 1 heterocycles. The summed E-state index contributed by atoms with van der Waals surface area (Å²) in [5.41, 5.74) is 0. The molecule has 0 atom stereocenters. The first-order valence-corrected chi connectivity index (χ1v) is 4.71. The molecular weight excluding hydrogens is 136 g/mol. The molecule has 2 rings (SSSR count). The van der Waals surface area contributed by atoms with Crippen molar-refractivity contribution in [2.75, 3.05) is 20.1 Å². The van der Waals surface area contributed by atoms with Gasteiger partial charge in [0.05, 0.1) is 0 Å². The summed E-state index contributed by atoms with van der Waals surface area (Å²) in [5.74, 6) is 0.962. The van der Waals surface area contributed by atoms with E-state index in [0.29, 0.717) is 0 Å². The van der Waals surface area contributed by atoms with Crippen molar-refractivity contribution in [3.8, 4) is 0 Å². The van der Waals surface area contributed by atoms with Crippen molar-refractivity contribution in [2.45, 2.75) is 31.8 Å². The van der Waals surface area contributed by atoms with Crippen LogP contribution >= 0.6 is 0 Å². The Bertz CT molecular complexity index is 134. The average molecular weight is 154 g/mol. The number of hydrogen-bond acceptors (Lipinski definition) is 2. The minimum atomic E-state index is 0.816. The molecule has 1 aliphatic carbocycles. The van der Waals surface area contributed by atoms with Crippen LogP contribution in [0.2, 0.25) is 0 Å². The van der Waals surface area contributed by atoms with Crippen molar-refractivity contribution in [2.24, 2.45) is 5.92 Å². The molecule has 2 aliphatic rings. The third-order valence-electron chi connectivity index (χ3n) is 3.13. The van der Waals surface area contributed by atoms with Gasteiger partial charge < -0.3 is 5.32 Å². The number of likely N-dealkylation sites (tertiary alicyclic amines) is 1. The molecule has 1 aliphatic heterocycles. The molecule has 1 N–H and O–H groups in total. The SMILES string of the molecule is CNC1CC(N2CC(C)C2)C1. The molecule has 0 unspecified atom stereocenters. The Morgan fingerprint density at radius 2 is 1.91 bits per heavy atom. The monoisotopic (exact) mass is 154 g/mol. The van der Waals surface area contributed by atoms with Gasteiger partial charge >= 0.3 is 0 Å². The van der Waals surface area contributed by atoms with E-state index in [2.05, 4.69) is 24.2 Å². The van der Waals surface area contributed by atoms with Crippen LogP contribution in [0.1, 0.15) is 19.8 Å². The molecule has 0 amide bonds. The summed E-state index contributed by atoms with van der Waals surface area (Å²) >= 11 is 0. The second-order valence-electron chi connectivity index (χ2n) is 4.17. The molecule has 0 aromatic carbocycles. The molecule has 2 nitrogen and oxygen atoms in total. The van der Waals surface area contributed by atoms with Gasteiger partial charge in [-0.25, -0.2) is 0 Å². The number of hydrogen-bond donors (Lipinski definition) is 1. The Balaban J connectivity index is 1.67. The Kier molecular flexibility index (Phi) is 1.90. The minimum absolute atomic E-state index is 0.816. The maximum absolute atomic E-state index is 3.32. The topological polar surface area (TPSA) is 15.3 Å². The molecule has 1 saturated heterocycles. The molecule has 1 saturated carbocycles. The molecule has 2 fully saturated rings. The van der Waals surface area contributed by atoms with Crippen LogP contribution in [0.3, 0.4) is 0 Å². The highest BCUT2D eigenvalue weighted by Crippen LogP contribution is 2.30. The van der Waals surface area contributed by atoms with Gasteiger partial charge in [-0.3, -0.25) is 4.90 Å². The highest BCUT2D eigenvalue weighted by molar-refractivity contribution is 4.94. The van der Waals surface area contributed by atoms with E-state index in [1.165, 1.54) is 25.9 Å². The van der Waals surface area contributed by atoms with Crippen LogP contribution in [0.25, 0.3) is 0 Å². The van der Waals surface area contributed by atoms with Crippen molar-refractivity contribution in [3.63, 3.8) is 0 Å². The van der Waals surface area contributed by atoms with Crippen LogP contribution in [0.5, 0.6) is 0 Å². The summed E-state index contributed by atoms with van der Waals surface area (Å²) in [4.78, 5) is 2.62. The van der Waals surface area contributed by atoms with Gasteiger partial charge in [-0.15, -0.1) is 0 Å². The Morgan fingerprint density at radius 3 is 2.36 bits per heavy atom. The summed E-state index contributed by atoms with van der Waals surface area (Å²) in [6, 6.07) is 1.74. The molecule has 0 bridgehead atoms. The third kappa shape index (κ3) is 1.30. The maximum atomic E-state index is 3.32. The normalized spacial score (nSPS) is 39.8.